The van der Waals surface area contributed by atoms with Gasteiger partial charge in [-0.15, -0.1) is 6.58 Å². The minimum absolute atomic E-state index is 0.555. The molecule has 1 rings (SSSR count). The van der Waals surface area contributed by atoms with E-state index in [2.05, 4.69) is 47.6 Å². The van der Waals surface area contributed by atoms with E-state index in [1.807, 2.05) is 12.1 Å². The Kier molecular flexibility index (Phi) is 3.54. The van der Waals surface area contributed by atoms with E-state index in [-0.39, 0.29) is 0 Å². The van der Waals surface area contributed by atoms with Crippen LogP contribution >= 0.6 is 15.9 Å². The number of rotatable bonds is 3. The van der Waals surface area contributed by atoms with Gasteiger partial charge in [0, 0.05) is 4.47 Å². The van der Waals surface area contributed by atoms with Gasteiger partial charge in [-0.05, 0) is 30.0 Å². The molecular weight excluding hydrogens is 212 g/mol. The first kappa shape index (κ1) is 9.53. The minimum atomic E-state index is 0.555. The fraction of sp³-hybridized carbons (Fsp3) is 0.273. The van der Waals surface area contributed by atoms with Crippen molar-refractivity contribution in [1.29, 1.82) is 0 Å². The summed E-state index contributed by atoms with van der Waals surface area (Å²) in [6, 6.07) is 8.40. The van der Waals surface area contributed by atoms with Gasteiger partial charge in [-0.1, -0.05) is 41.1 Å². The summed E-state index contributed by atoms with van der Waals surface area (Å²) in [6.07, 6.45) is 3.06. The standard InChI is InChI=1S/C11H13Br/c1-3-9(2)7-10-5-4-6-11(12)8-10/h3-6,8-9H,1,7H2,2H3. The largest absolute Gasteiger partial charge is 0.103 e. The number of allylic oxidation sites excluding steroid dienone is 1. The number of hydrogen-bond acceptors (Lipinski definition) is 0. The van der Waals surface area contributed by atoms with E-state index in [1.165, 1.54) is 5.56 Å². The predicted molar refractivity (Wildman–Crippen MR) is 57.2 cm³/mol. The molecule has 0 fully saturated rings. The van der Waals surface area contributed by atoms with Crippen molar-refractivity contribution < 1.29 is 0 Å². The normalized spacial score (nSPS) is 12.5. The van der Waals surface area contributed by atoms with Gasteiger partial charge >= 0.3 is 0 Å². The molecule has 0 saturated carbocycles. The van der Waals surface area contributed by atoms with E-state index in [0.29, 0.717) is 5.92 Å². The van der Waals surface area contributed by atoms with E-state index in [9.17, 15) is 0 Å². The molecule has 0 aliphatic carbocycles. The summed E-state index contributed by atoms with van der Waals surface area (Å²) < 4.78 is 1.15. The molecule has 1 unspecified atom stereocenters. The molecule has 1 aromatic carbocycles. The van der Waals surface area contributed by atoms with E-state index >= 15 is 0 Å². The molecule has 0 heterocycles. The van der Waals surface area contributed by atoms with Crippen LogP contribution < -0.4 is 0 Å². The Bertz CT molecular complexity index is 265. The van der Waals surface area contributed by atoms with E-state index in [0.717, 1.165) is 10.9 Å². The fourth-order valence-corrected chi connectivity index (χ4v) is 1.57. The third kappa shape index (κ3) is 2.82. The average Bonchev–Trinajstić information content (AvgIpc) is 2.04. The monoisotopic (exact) mass is 224 g/mol. The molecule has 64 valence electrons. The van der Waals surface area contributed by atoms with E-state index < -0.39 is 0 Å². The lowest BCUT2D eigenvalue weighted by Crippen LogP contribution is -1.94. The quantitative estimate of drug-likeness (QED) is 0.686. The van der Waals surface area contributed by atoms with Crippen molar-refractivity contribution in [2.45, 2.75) is 13.3 Å². The third-order valence-electron chi connectivity index (χ3n) is 1.85. The molecule has 12 heavy (non-hydrogen) atoms. The van der Waals surface area contributed by atoms with Crippen LogP contribution in [0.1, 0.15) is 12.5 Å². The Morgan fingerprint density at radius 3 is 2.92 bits per heavy atom. The first-order valence-electron chi connectivity index (χ1n) is 4.09. The Labute approximate surface area is 82.4 Å². The number of hydrogen-bond donors (Lipinski definition) is 0. The molecule has 0 nitrogen and oxygen atoms in total. The highest BCUT2D eigenvalue weighted by atomic mass is 79.9. The summed E-state index contributed by atoms with van der Waals surface area (Å²) in [5, 5.41) is 0. The zero-order valence-corrected chi connectivity index (χ0v) is 8.84. The molecular formula is C11H13Br. The van der Waals surface area contributed by atoms with Gasteiger partial charge in [-0.2, -0.15) is 0 Å². The highest BCUT2D eigenvalue weighted by Gasteiger charge is 1.98. The number of halogens is 1. The van der Waals surface area contributed by atoms with Crippen LogP contribution in [0, 0.1) is 5.92 Å². The zero-order valence-electron chi connectivity index (χ0n) is 7.26. The Balaban J connectivity index is 2.69. The van der Waals surface area contributed by atoms with Crippen LogP contribution in [0.15, 0.2) is 41.4 Å². The molecule has 0 bridgehead atoms. The fourth-order valence-electron chi connectivity index (χ4n) is 1.12. The van der Waals surface area contributed by atoms with Crippen molar-refractivity contribution in [3.8, 4) is 0 Å². The molecule has 0 saturated heterocycles. The van der Waals surface area contributed by atoms with Crippen LogP contribution in [-0.2, 0) is 6.42 Å². The zero-order chi connectivity index (χ0) is 8.97. The summed E-state index contributed by atoms with van der Waals surface area (Å²) in [7, 11) is 0. The van der Waals surface area contributed by atoms with E-state index in [4.69, 9.17) is 0 Å². The van der Waals surface area contributed by atoms with Gasteiger partial charge in [-0.25, -0.2) is 0 Å². The van der Waals surface area contributed by atoms with Gasteiger partial charge in [0.05, 0.1) is 0 Å². The van der Waals surface area contributed by atoms with Crippen molar-refractivity contribution in [2.75, 3.05) is 0 Å². The van der Waals surface area contributed by atoms with Crippen molar-refractivity contribution in [1.82, 2.24) is 0 Å². The van der Waals surface area contributed by atoms with Crippen LogP contribution in [0.25, 0.3) is 0 Å². The second-order valence-electron chi connectivity index (χ2n) is 3.05. The number of benzene rings is 1. The maximum Gasteiger partial charge on any atom is 0.0177 e. The van der Waals surface area contributed by atoms with Crippen LogP contribution in [0.3, 0.4) is 0 Å². The second-order valence-corrected chi connectivity index (χ2v) is 3.96. The summed E-state index contributed by atoms with van der Waals surface area (Å²) in [4.78, 5) is 0. The summed E-state index contributed by atoms with van der Waals surface area (Å²) in [6.45, 7) is 5.94. The van der Waals surface area contributed by atoms with E-state index in [1.54, 1.807) is 0 Å². The predicted octanol–water partition coefficient (Wildman–Crippen LogP) is 3.81. The molecule has 1 aromatic rings. The highest BCUT2D eigenvalue weighted by molar-refractivity contribution is 9.10. The summed E-state index contributed by atoms with van der Waals surface area (Å²) >= 11 is 3.45. The first-order valence-corrected chi connectivity index (χ1v) is 4.88. The second kappa shape index (κ2) is 4.46. The molecule has 0 spiro atoms. The average molecular weight is 225 g/mol. The lowest BCUT2D eigenvalue weighted by Gasteiger charge is -2.05. The van der Waals surface area contributed by atoms with Crippen molar-refractivity contribution in [2.24, 2.45) is 5.92 Å². The van der Waals surface area contributed by atoms with Crippen LogP contribution in [0.2, 0.25) is 0 Å². The molecule has 1 heteroatoms. The van der Waals surface area contributed by atoms with Crippen LogP contribution in [-0.4, -0.2) is 0 Å². The lowest BCUT2D eigenvalue weighted by atomic mass is 10.0. The Hall–Kier alpha value is -0.560. The highest BCUT2D eigenvalue weighted by Crippen LogP contribution is 2.15. The molecule has 0 radical (unpaired) electrons. The molecule has 0 amide bonds. The van der Waals surface area contributed by atoms with Crippen LogP contribution in [0.5, 0.6) is 0 Å². The van der Waals surface area contributed by atoms with Crippen molar-refractivity contribution in [3.63, 3.8) is 0 Å². The Morgan fingerprint density at radius 1 is 1.58 bits per heavy atom. The molecule has 1 atom stereocenters. The molecule has 0 N–H and O–H groups in total. The first-order chi connectivity index (χ1) is 5.72. The third-order valence-corrected chi connectivity index (χ3v) is 2.34. The molecule has 0 aliphatic heterocycles. The topological polar surface area (TPSA) is 0 Å². The maximum atomic E-state index is 3.77. The maximum absolute atomic E-state index is 3.77. The van der Waals surface area contributed by atoms with Gasteiger partial charge < -0.3 is 0 Å². The van der Waals surface area contributed by atoms with Gasteiger partial charge in [0.1, 0.15) is 0 Å². The van der Waals surface area contributed by atoms with Gasteiger partial charge in [0.25, 0.3) is 0 Å². The minimum Gasteiger partial charge on any atom is -0.103 e. The van der Waals surface area contributed by atoms with Crippen LogP contribution in [0.4, 0.5) is 0 Å². The van der Waals surface area contributed by atoms with Gasteiger partial charge in [-0.3, -0.25) is 0 Å². The Morgan fingerprint density at radius 2 is 2.33 bits per heavy atom. The SMILES string of the molecule is C=CC(C)Cc1cccc(Br)c1. The smallest absolute Gasteiger partial charge is 0.0177 e. The van der Waals surface area contributed by atoms with Crippen molar-refractivity contribution in [3.05, 3.63) is 47.0 Å². The van der Waals surface area contributed by atoms with Gasteiger partial charge in [0.15, 0.2) is 0 Å². The van der Waals surface area contributed by atoms with Gasteiger partial charge in [0.2, 0.25) is 0 Å². The summed E-state index contributed by atoms with van der Waals surface area (Å²) in [5.41, 5.74) is 1.36. The lowest BCUT2D eigenvalue weighted by molar-refractivity contribution is 0.725. The summed E-state index contributed by atoms with van der Waals surface area (Å²) in [5.74, 6) is 0.555. The van der Waals surface area contributed by atoms with Crippen molar-refractivity contribution >= 4 is 15.9 Å². The molecule has 0 aliphatic rings. The molecule has 0 aromatic heterocycles.